The molecule has 1 nitrogen and oxygen atoms in total. The lowest BCUT2D eigenvalue weighted by Crippen LogP contribution is -2.32. The van der Waals surface area contributed by atoms with Crippen LogP contribution in [0.1, 0.15) is 49.8 Å². The minimum absolute atomic E-state index is 0.553. The number of fused-ring (bicyclic) bond motifs is 1. The van der Waals surface area contributed by atoms with Crippen molar-refractivity contribution in [2.75, 3.05) is 6.54 Å². The van der Waals surface area contributed by atoms with E-state index in [9.17, 15) is 0 Å². The van der Waals surface area contributed by atoms with Gasteiger partial charge in [0.1, 0.15) is 0 Å². The fraction of sp³-hybridized carbons (Fsp3) is 0.360. The summed E-state index contributed by atoms with van der Waals surface area (Å²) >= 11 is 0. The summed E-state index contributed by atoms with van der Waals surface area (Å²) in [4.78, 5) is 2.59. The molecule has 0 aromatic heterocycles. The summed E-state index contributed by atoms with van der Waals surface area (Å²) in [6.07, 6.45) is 1.18. The Morgan fingerprint density at radius 1 is 0.769 bits per heavy atom. The second-order valence-electron chi connectivity index (χ2n) is 7.76. The lowest BCUT2D eigenvalue weighted by atomic mass is 9.90. The second-order valence-corrected chi connectivity index (χ2v) is 7.76. The van der Waals surface area contributed by atoms with Crippen LogP contribution in [0.15, 0.2) is 66.7 Å². The largest absolute Gasteiger partial charge is 0.297 e. The molecule has 1 atom stereocenters. The van der Waals surface area contributed by atoms with E-state index in [1.165, 1.54) is 33.9 Å². The number of aryl methyl sites for hydroxylation is 1. The van der Waals surface area contributed by atoms with E-state index in [1.54, 1.807) is 0 Å². The van der Waals surface area contributed by atoms with Crippen LogP contribution in [0, 0.1) is 6.92 Å². The van der Waals surface area contributed by atoms with Gasteiger partial charge in [0.05, 0.1) is 0 Å². The first-order chi connectivity index (χ1) is 12.6. The molecule has 0 saturated carbocycles. The number of hydrogen-bond donors (Lipinski definition) is 0. The summed E-state index contributed by atoms with van der Waals surface area (Å²) in [5, 5.41) is 2.81. The molecule has 0 radical (unpaired) electrons. The van der Waals surface area contributed by atoms with Crippen molar-refractivity contribution < 1.29 is 0 Å². The van der Waals surface area contributed by atoms with Crippen LogP contribution in [0.5, 0.6) is 0 Å². The topological polar surface area (TPSA) is 3.24 Å². The van der Waals surface area contributed by atoms with Crippen LogP contribution in [-0.4, -0.2) is 17.5 Å². The van der Waals surface area contributed by atoms with Crippen molar-refractivity contribution in [1.82, 2.24) is 4.90 Å². The van der Waals surface area contributed by atoms with Crippen molar-refractivity contribution in [3.05, 3.63) is 83.4 Å². The highest BCUT2D eigenvalue weighted by Crippen LogP contribution is 2.30. The summed E-state index contributed by atoms with van der Waals surface area (Å²) in [5.41, 5.74) is 4.24. The molecule has 0 spiro atoms. The third-order valence-electron chi connectivity index (χ3n) is 5.51. The molecule has 3 aromatic rings. The molecule has 0 aliphatic carbocycles. The summed E-state index contributed by atoms with van der Waals surface area (Å²) in [5.74, 6) is 0.553. The summed E-state index contributed by atoms with van der Waals surface area (Å²) in [6.45, 7) is 11.3. The van der Waals surface area contributed by atoms with Crippen molar-refractivity contribution in [3.8, 4) is 0 Å². The molecule has 136 valence electrons. The Morgan fingerprint density at radius 2 is 1.42 bits per heavy atom. The maximum atomic E-state index is 2.59. The van der Waals surface area contributed by atoms with Crippen molar-refractivity contribution >= 4 is 10.8 Å². The van der Waals surface area contributed by atoms with Crippen LogP contribution < -0.4 is 0 Å². The fourth-order valence-electron chi connectivity index (χ4n) is 3.76. The van der Waals surface area contributed by atoms with E-state index in [2.05, 4.69) is 99.3 Å². The van der Waals surface area contributed by atoms with E-state index in [0.29, 0.717) is 12.0 Å². The van der Waals surface area contributed by atoms with E-state index in [4.69, 9.17) is 0 Å². The zero-order chi connectivity index (χ0) is 18.5. The molecule has 0 bridgehead atoms. The van der Waals surface area contributed by atoms with E-state index >= 15 is 0 Å². The van der Waals surface area contributed by atoms with Gasteiger partial charge in [0.25, 0.3) is 0 Å². The SMILES string of the molecule is Cc1ccc(C(C)CCN(Cc2ccccc2)C(C)C)c2ccccc12. The van der Waals surface area contributed by atoms with Gasteiger partial charge in [0.15, 0.2) is 0 Å². The van der Waals surface area contributed by atoms with Crippen molar-refractivity contribution in [2.24, 2.45) is 0 Å². The van der Waals surface area contributed by atoms with Gasteiger partial charge in [0, 0.05) is 12.6 Å². The van der Waals surface area contributed by atoms with Gasteiger partial charge in [-0.3, -0.25) is 4.90 Å². The molecule has 3 aromatic carbocycles. The van der Waals surface area contributed by atoms with Gasteiger partial charge >= 0.3 is 0 Å². The van der Waals surface area contributed by atoms with E-state index in [0.717, 1.165) is 13.1 Å². The van der Waals surface area contributed by atoms with Crippen molar-refractivity contribution in [3.63, 3.8) is 0 Å². The highest BCUT2D eigenvalue weighted by Gasteiger charge is 2.15. The average molecular weight is 346 g/mol. The smallest absolute Gasteiger partial charge is 0.0236 e. The molecule has 1 heteroatoms. The molecule has 3 rings (SSSR count). The molecule has 0 amide bonds. The van der Waals surface area contributed by atoms with E-state index in [-0.39, 0.29) is 0 Å². The van der Waals surface area contributed by atoms with Crippen LogP contribution in [0.3, 0.4) is 0 Å². The Bertz CT molecular complexity index is 835. The molecule has 26 heavy (non-hydrogen) atoms. The van der Waals surface area contributed by atoms with Crippen molar-refractivity contribution in [1.29, 1.82) is 0 Å². The van der Waals surface area contributed by atoms with Crippen LogP contribution in [0.25, 0.3) is 10.8 Å². The second kappa shape index (κ2) is 8.51. The lowest BCUT2D eigenvalue weighted by molar-refractivity contribution is 0.206. The number of hydrogen-bond acceptors (Lipinski definition) is 1. The summed E-state index contributed by atoms with van der Waals surface area (Å²) in [6, 6.07) is 24.8. The molecule has 0 heterocycles. The molecule has 0 N–H and O–H groups in total. The molecule has 0 aliphatic rings. The monoisotopic (exact) mass is 345 g/mol. The van der Waals surface area contributed by atoms with Crippen molar-refractivity contribution in [2.45, 2.75) is 52.6 Å². The van der Waals surface area contributed by atoms with Gasteiger partial charge in [0.2, 0.25) is 0 Å². The molecule has 0 saturated heterocycles. The maximum absolute atomic E-state index is 2.59. The molecular formula is C25H31N. The van der Waals surface area contributed by atoms with Gasteiger partial charge in [-0.25, -0.2) is 0 Å². The third kappa shape index (κ3) is 4.34. The first-order valence-electron chi connectivity index (χ1n) is 9.82. The zero-order valence-corrected chi connectivity index (χ0v) is 16.6. The lowest BCUT2D eigenvalue weighted by Gasteiger charge is -2.28. The standard InChI is InChI=1S/C25H31N/c1-19(2)26(18-22-10-6-5-7-11-22)17-16-21(4)24-15-14-20(3)23-12-8-9-13-25(23)24/h5-15,19,21H,16-18H2,1-4H3. The number of rotatable bonds is 7. The maximum Gasteiger partial charge on any atom is 0.0236 e. The van der Waals surface area contributed by atoms with Crippen LogP contribution >= 0.6 is 0 Å². The predicted octanol–water partition coefficient (Wildman–Crippen LogP) is 6.55. The zero-order valence-electron chi connectivity index (χ0n) is 16.6. The predicted molar refractivity (Wildman–Crippen MR) is 114 cm³/mol. The Morgan fingerprint density at radius 3 is 2.12 bits per heavy atom. The van der Waals surface area contributed by atoms with E-state index in [1.807, 2.05) is 0 Å². The van der Waals surface area contributed by atoms with Gasteiger partial charge in [-0.1, -0.05) is 73.7 Å². The van der Waals surface area contributed by atoms with Gasteiger partial charge < -0.3 is 0 Å². The fourth-order valence-corrected chi connectivity index (χ4v) is 3.76. The highest BCUT2D eigenvalue weighted by molar-refractivity contribution is 5.88. The third-order valence-corrected chi connectivity index (χ3v) is 5.51. The first kappa shape index (κ1) is 18.7. The normalized spacial score (nSPS) is 12.8. The average Bonchev–Trinajstić information content (AvgIpc) is 2.66. The summed E-state index contributed by atoms with van der Waals surface area (Å²) < 4.78 is 0. The number of benzene rings is 3. The van der Waals surface area contributed by atoms with Crippen LogP contribution in [-0.2, 0) is 6.54 Å². The first-order valence-corrected chi connectivity index (χ1v) is 9.82. The molecule has 1 unspecified atom stereocenters. The molecule has 0 fully saturated rings. The number of nitrogens with zero attached hydrogens (tertiary/aromatic N) is 1. The van der Waals surface area contributed by atoms with Crippen LogP contribution in [0.4, 0.5) is 0 Å². The minimum atomic E-state index is 0.553. The van der Waals surface area contributed by atoms with Crippen LogP contribution in [0.2, 0.25) is 0 Å². The molecular weight excluding hydrogens is 314 g/mol. The summed E-state index contributed by atoms with van der Waals surface area (Å²) in [7, 11) is 0. The van der Waals surface area contributed by atoms with Gasteiger partial charge in [-0.2, -0.15) is 0 Å². The van der Waals surface area contributed by atoms with Gasteiger partial charge in [-0.15, -0.1) is 0 Å². The Hall–Kier alpha value is -2.12. The quantitative estimate of drug-likeness (QED) is 0.469. The Balaban J connectivity index is 1.73. The molecule has 0 aliphatic heterocycles. The van der Waals surface area contributed by atoms with E-state index < -0.39 is 0 Å². The Kier molecular flexibility index (Phi) is 6.11. The minimum Gasteiger partial charge on any atom is -0.297 e. The van der Waals surface area contributed by atoms with Gasteiger partial charge in [-0.05, 0) is 67.1 Å². The highest BCUT2D eigenvalue weighted by atomic mass is 15.1. The Labute approximate surface area is 158 Å².